The number of furan rings is 1. The fraction of sp³-hybridized carbons (Fsp3) is 0.276. The van der Waals surface area contributed by atoms with Gasteiger partial charge in [0.05, 0.1) is 19.3 Å². The van der Waals surface area contributed by atoms with Gasteiger partial charge in [0.2, 0.25) is 0 Å². The molecule has 1 aliphatic heterocycles. The predicted octanol–water partition coefficient (Wildman–Crippen LogP) is 6.16. The van der Waals surface area contributed by atoms with Crippen LogP contribution in [0.1, 0.15) is 17.7 Å². The Balaban J connectivity index is 1.22. The molecule has 4 aromatic rings. The number of carbonyl (C=O) groups is 1. The molecule has 2 heterocycles. The molecule has 6 heteroatoms. The highest BCUT2D eigenvalue weighted by molar-refractivity contribution is 5.91. The molecule has 0 saturated carbocycles. The third-order valence-corrected chi connectivity index (χ3v) is 6.56. The quantitative estimate of drug-likeness (QED) is 0.380. The van der Waals surface area contributed by atoms with Crippen molar-refractivity contribution in [3.63, 3.8) is 0 Å². The van der Waals surface area contributed by atoms with Crippen LogP contribution in [-0.2, 0) is 6.54 Å². The molecule has 0 unspecified atom stereocenters. The minimum atomic E-state index is -0.0938. The molecule has 3 aromatic carbocycles. The molecule has 0 bridgehead atoms. The fourth-order valence-electron chi connectivity index (χ4n) is 4.60. The lowest BCUT2D eigenvalue weighted by Gasteiger charge is -2.22. The zero-order valence-corrected chi connectivity index (χ0v) is 20.3. The Kier molecular flexibility index (Phi) is 6.73. The molecule has 2 amide bonds. The lowest BCUT2D eigenvalue weighted by atomic mass is 10.0. The van der Waals surface area contributed by atoms with Crippen molar-refractivity contribution in [2.24, 2.45) is 0 Å². The van der Waals surface area contributed by atoms with Crippen LogP contribution in [0.25, 0.3) is 22.1 Å². The largest absolute Gasteiger partial charge is 0.495 e. The van der Waals surface area contributed by atoms with E-state index in [1.54, 1.807) is 7.11 Å². The lowest BCUT2D eigenvalue weighted by Crippen LogP contribution is -2.38. The van der Waals surface area contributed by atoms with Gasteiger partial charge in [-0.2, -0.15) is 0 Å². The number of ether oxygens (including phenoxy) is 1. The van der Waals surface area contributed by atoms with E-state index in [1.807, 2.05) is 29.2 Å². The van der Waals surface area contributed by atoms with Gasteiger partial charge in [-0.25, -0.2) is 4.79 Å². The SMILES string of the molecule is COc1ccccc1NC(=O)N1CCCN(Cc2cc3cc(-c4ccc(C)cc4)ccc3o2)CC1. The van der Waals surface area contributed by atoms with Crippen molar-refractivity contribution in [3.05, 3.63) is 84.1 Å². The number of methoxy groups -OCH3 is 1. The fourth-order valence-corrected chi connectivity index (χ4v) is 4.60. The molecule has 6 nitrogen and oxygen atoms in total. The summed E-state index contributed by atoms with van der Waals surface area (Å²) in [6, 6.07) is 24.5. The van der Waals surface area contributed by atoms with E-state index in [4.69, 9.17) is 9.15 Å². The summed E-state index contributed by atoms with van der Waals surface area (Å²) in [5, 5.41) is 4.10. The molecule has 35 heavy (non-hydrogen) atoms. The van der Waals surface area contributed by atoms with Crippen molar-refractivity contribution in [3.8, 4) is 16.9 Å². The third kappa shape index (κ3) is 5.33. The van der Waals surface area contributed by atoms with Crippen molar-refractivity contribution in [1.82, 2.24) is 9.80 Å². The second kappa shape index (κ2) is 10.2. The number of para-hydroxylation sites is 2. The monoisotopic (exact) mass is 469 g/mol. The number of anilines is 1. The Morgan fingerprint density at radius 2 is 1.74 bits per heavy atom. The molecule has 5 rings (SSSR count). The molecule has 1 saturated heterocycles. The Labute approximate surface area is 206 Å². The average molecular weight is 470 g/mol. The zero-order chi connectivity index (χ0) is 24.2. The predicted molar refractivity (Wildman–Crippen MR) is 140 cm³/mol. The highest BCUT2D eigenvalue weighted by atomic mass is 16.5. The number of urea groups is 1. The standard InChI is InChI=1S/C29H31N3O3/c1-21-8-10-22(11-9-21)23-12-13-27-24(18-23)19-25(35-27)20-31-14-5-15-32(17-16-31)29(33)30-26-6-3-4-7-28(26)34-2/h3-4,6-13,18-19H,5,14-17,20H2,1-2H3,(H,30,33). The maximum Gasteiger partial charge on any atom is 0.321 e. The molecule has 0 spiro atoms. The molecular weight excluding hydrogens is 438 g/mol. The maximum absolute atomic E-state index is 12.9. The summed E-state index contributed by atoms with van der Waals surface area (Å²) < 4.78 is 11.5. The molecule has 180 valence electrons. The normalized spacial score (nSPS) is 14.6. The van der Waals surface area contributed by atoms with Gasteiger partial charge in [-0.05, 0) is 54.8 Å². The summed E-state index contributed by atoms with van der Waals surface area (Å²) in [5.41, 5.74) is 5.25. The number of rotatable bonds is 5. The van der Waals surface area contributed by atoms with Gasteiger partial charge in [-0.1, -0.05) is 48.0 Å². The number of carbonyl (C=O) groups excluding carboxylic acids is 1. The number of hydrogen-bond donors (Lipinski definition) is 1. The second-order valence-electron chi connectivity index (χ2n) is 9.08. The number of nitrogens with one attached hydrogen (secondary N) is 1. The zero-order valence-electron chi connectivity index (χ0n) is 20.3. The van der Waals surface area contributed by atoms with Gasteiger partial charge in [-0.15, -0.1) is 0 Å². The van der Waals surface area contributed by atoms with Crippen LogP contribution in [0.15, 0.2) is 77.2 Å². The first kappa shape index (κ1) is 23.0. The molecule has 1 fully saturated rings. The van der Waals surface area contributed by atoms with E-state index in [0.29, 0.717) is 18.0 Å². The van der Waals surface area contributed by atoms with Gasteiger partial charge in [0.1, 0.15) is 17.1 Å². The van der Waals surface area contributed by atoms with Crippen LogP contribution in [-0.4, -0.2) is 49.1 Å². The van der Waals surface area contributed by atoms with E-state index in [2.05, 4.69) is 65.7 Å². The smallest absolute Gasteiger partial charge is 0.321 e. The number of nitrogens with zero attached hydrogens (tertiary/aromatic N) is 2. The van der Waals surface area contributed by atoms with Gasteiger partial charge >= 0.3 is 6.03 Å². The molecular formula is C29H31N3O3. The van der Waals surface area contributed by atoms with Crippen LogP contribution in [0.2, 0.25) is 0 Å². The average Bonchev–Trinajstić information content (AvgIpc) is 3.12. The summed E-state index contributed by atoms with van der Waals surface area (Å²) in [7, 11) is 1.61. The number of amides is 2. The summed E-state index contributed by atoms with van der Waals surface area (Å²) in [6.07, 6.45) is 0.914. The van der Waals surface area contributed by atoms with Crippen molar-refractivity contribution in [2.75, 3.05) is 38.6 Å². The van der Waals surface area contributed by atoms with Gasteiger partial charge in [0, 0.05) is 31.6 Å². The minimum absolute atomic E-state index is 0.0938. The van der Waals surface area contributed by atoms with Gasteiger partial charge in [0.25, 0.3) is 0 Å². The molecule has 0 aliphatic carbocycles. The Morgan fingerprint density at radius 3 is 2.57 bits per heavy atom. The van der Waals surface area contributed by atoms with E-state index in [-0.39, 0.29) is 6.03 Å². The van der Waals surface area contributed by atoms with Gasteiger partial charge < -0.3 is 19.4 Å². The first-order valence-electron chi connectivity index (χ1n) is 12.1. The van der Waals surface area contributed by atoms with E-state index in [0.717, 1.165) is 49.3 Å². The molecule has 0 radical (unpaired) electrons. The van der Waals surface area contributed by atoms with Crippen molar-refractivity contribution in [2.45, 2.75) is 19.9 Å². The van der Waals surface area contributed by atoms with Crippen LogP contribution in [0.5, 0.6) is 5.75 Å². The molecule has 1 aliphatic rings. The number of hydrogen-bond acceptors (Lipinski definition) is 4. The third-order valence-electron chi connectivity index (χ3n) is 6.56. The first-order valence-corrected chi connectivity index (χ1v) is 12.1. The Bertz CT molecular complexity index is 1310. The van der Waals surface area contributed by atoms with Crippen LogP contribution in [0, 0.1) is 6.92 Å². The van der Waals surface area contributed by atoms with Crippen molar-refractivity contribution >= 4 is 22.7 Å². The van der Waals surface area contributed by atoms with Crippen molar-refractivity contribution < 1.29 is 13.9 Å². The number of benzene rings is 3. The van der Waals surface area contributed by atoms with E-state index < -0.39 is 0 Å². The minimum Gasteiger partial charge on any atom is -0.495 e. The summed E-state index contributed by atoms with van der Waals surface area (Å²) in [5.74, 6) is 1.61. The lowest BCUT2D eigenvalue weighted by molar-refractivity contribution is 0.209. The molecule has 0 atom stereocenters. The van der Waals surface area contributed by atoms with E-state index >= 15 is 0 Å². The number of fused-ring (bicyclic) bond motifs is 1. The topological polar surface area (TPSA) is 58.0 Å². The van der Waals surface area contributed by atoms with Crippen LogP contribution >= 0.6 is 0 Å². The van der Waals surface area contributed by atoms with Gasteiger partial charge in [-0.3, -0.25) is 4.90 Å². The van der Waals surface area contributed by atoms with Crippen LogP contribution in [0.3, 0.4) is 0 Å². The van der Waals surface area contributed by atoms with E-state index in [1.165, 1.54) is 16.7 Å². The first-order chi connectivity index (χ1) is 17.1. The van der Waals surface area contributed by atoms with Crippen molar-refractivity contribution in [1.29, 1.82) is 0 Å². The number of aryl methyl sites for hydroxylation is 1. The second-order valence-corrected chi connectivity index (χ2v) is 9.08. The highest BCUT2D eigenvalue weighted by Gasteiger charge is 2.21. The molecule has 1 N–H and O–H groups in total. The highest BCUT2D eigenvalue weighted by Crippen LogP contribution is 2.28. The molecule has 1 aromatic heterocycles. The maximum atomic E-state index is 12.9. The summed E-state index contributed by atoms with van der Waals surface area (Å²) in [4.78, 5) is 17.1. The van der Waals surface area contributed by atoms with Crippen LogP contribution in [0.4, 0.5) is 10.5 Å². The van der Waals surface area contributed by atoms with Crippen LogP contribution < -0.4 is 10.1 Å². The summed E-state index contributed by atoms with van der Waals surface area (Å²) >= 11 is 0. The summed E-state index contributed by atoms with van der Waals surface area (Å²) in [6.45, 7) is 5.94. The Morgan fingerprint density at radius 1 is 0.943 bits per heavy atom. The van der Waals surface area contributed by atoms with Gasteiger partial charge in [0.15, 0.2) is 0 Å². The Hall–Kier alpha value is -3.77. The van der Waals surface area contributed by atoms with E-state index in [9.17, 15) is 4.79 Å².